The van der Waals surface area contributed by atoms with Gasteiger partial charge in [0.2, 0.25) is 0 Å². The van der Waals surface area contributed by atoms with Crippen molar-refractivity contribution >= 4 is 5.78 Å². The zero-order valence-electron chi connectivity index (χ0n) is 12.2. The molecule has 0 amide bonds. The SMILES string of the molecule is CC.CC(=O)CCc1ccc(CCC[O-])cc1.[K+]. The van der Waals surface area contributed by atoms with Crippen LogP contribution in [0.3, 0.4) is 0 Å². The first kappa shape index (κ1) is 20.8. The second kappa shape index (κ2) is 13.9. The van der Waals surface area contributed by atoms with Crippen molar-refractivity contribution in [3.63, 3.8) is 0 Å². The van der Waals surface area contributed by atoms with Crippen LogP contribution in [0, 0.1) is 0 Å². The molecule has 0 heterocycles. The number of hydrogen-bond acceptors (Lipinski definition) is 2. The number of aryl methyl sites for hydroxylation is 2. The summed E-state index contributed by atoms with van der Waals surface area (Å²) in [6.07, 6.45) is 2.99. The van der Waals surface area contributed by atoms with Gasteiger partial charge in [-0.05, 0) is 30.9 Å². The fraction of sp³-hybridized carbons (Fsp3) is 0.533. The minimum atomic E-state index is -0.00785. The molecular formula is C15H23KO2. The van der Waals surface area contributed by atoms with Gasteiger partial charge in [-0.2, -0.15) is 0 Å². The number of carbonyl (C=O) groups is 1. The Kier molecular flexibility index (Phi) is 16.1. The Morgan fingerprint density at radius 1 is 1.06 bits per heavy atom. The Balaban J connectivity index is 0. The summed E-state index contributed by atoms with van der Waals surface area (Å²) in [6.45, 7) is 5.61. The molecule has 18 heavy (non-hydrogen) atoms. The van der Waals surface area contributed by atoms with Gasteiger partial charge >= 0.3 is 51.4 Å². The number of carbonyl (C=O) groups excluding carboxylic acids is 1. The largest absolute Gasteiger partial charge is 1.00 e. The monoisotopic (exact) mass is 274 g/mol. The molecule has 3 heteroatoms. The summed E-state index contributed by atoms with van der Waals surface area (Å²) in [6, 6.07) is 8.18. The quantitative estimate of drug-likeness (QED) is 0.658. The van der Waals surface area contributed by atoms with Crippen LogP contribution in [-0.2, 0) is 17.6 Å². The number of ketones is 1. The average Bonchev–Trinajstić information content (AvgIpc) is 2.37. The van der Waals surface area contributed by atoms with Gasteiger partial charge in [0.1, 0.15) is 5.78 Å². The maximum atomic E-state index is 10.8. The smallest absolute Gasteiger partial charge is 0.854 e. The van der Waals surface area contributed by atoms with Gasteiger partial charge in [0.25, 0.3) is 0 Å². The number of Topliss-reactive ketones (excluding diaryl/α,β-unsaturated/α-hetero) is 1. The fourth-order valence-electron chi connectivity index (χ4n) is 1.47. The van der Waals surface area contributed by atoms with Crippen LogP contribution in [0.5, 0.6) is 0 Å². The van der Waals surface area contributed by atoms with Crippen LogP contribution >= 0.6 is 0 Å². The fourth-order valence-corrected chi connectivity index (χ4v) is 1.47. The summed E-state index contributed by atoms with van der Waals surface area (Å²) in [5.41, 5.74) is 2.40. The molecule has 0 aliphatic heterocycles. The molecule has 0 atom stereocenters. The van der Waals surface area contributed by atoms with E-state index in [0.717, 1.165) is 12.8 Å². The maximum Gasteiger partial charge on any atom is 1.00 e. The third-order valence-electron chi connectivity index (χ3n) is 2.40. The number of hydrogen-bond donors (Lipinski definition) is 0. The van der Waals surface area contributed by atoms with Crippen LogP contribution in [-0.4, -0.2) is 12.4 Å². The molecule has 0 fully saturated rings. The van der Waals surface area contributed by atoms with E-state index in [2.05, 4.69) is 0 Å². The van der Waals surface area contributed by atoms with Crippen molar-refractivity contribution in [2.24, 2.45) is 0 Å². The minimum absolute atomic E-state index is 0. The molecule has 0 aliphatic rings. The van der Waals surface area contributed by atoms with Crippen LogP contribution in [0.1, 0.15) is 44.7 Å². The summed E-state index contributed by atoms with van der Waals surface area (Å²) in [7, 11) is 0. The first-order valence-electron chi connectivity index (χ1n) is 6.37. The summed E-state index contributed by atoms with van der Waals surface area (Å²) in [5, 5.41) is 10.3. The van der Waals surface area contributed by atoms with E-state index in [1.54, 1.807) is 6.92 Å². The van der Waals surface area contributed by atoms with Gasteiger partial charge in [-0.1, -0.05) is 44.5 Å². The summed E-state index contributed by atoms with van der Waals surface area (Å²) in [5.74, 6) is 0.227. The summed E-state index contributed by atoms with van der Waals surface area (Å²) < 4.78 is 0. The molecule has 0 saturated carbocycles. The zero-order valence-corrected chi connectivity index (χ0v) is 15.3. The minimum Gasteiger partial charge on any atom is -0.854 e. The summed E-state index contributed by atoms with van der Waals surface area (Å²) >= 11 is 0. The average molecular weight is 274 g/mol. The van der Waals surface area contributed by atoms with Crippen LogP contribution in [0.4, 0.5) is 0 Å². The topological polar surface area (TPSA) is 40.1 Å². The molecule has 1 rings (SSSR count). The van der Waals surface area contributed by atoms with Crippen LogP contribution in [0.2, 0.25) is 0 Å². The van der Waals surface area contributed by atoms with Crippen LogP contribution < -0.4 is 56.5 Å². The molecule has 0 bridgehead atoms. The molecule has 0 aliphatic carbocycles. The van der Waals surface area contributed by atoms with Gasteiger partial charge in [-0.25, -0.2) is 0 Å². The normalized spacial score (nSPS) is 8.89. The van der Waals surface area contributed by atoms with Crippen molar-refractivity contribution in [3.05, 3.63) is 35.4 Å². The molecule has 0 radical (unpaired) electrons. The van der Waals surface area contributed by atoms with E-state index >= 15 is 0 Å². The van der Waals surface area contributed by atoms with E-state index in [1.807, 2.05) is 38.1 Å². The van der Waals surface area contributed by atoms with E-state index in [4.69, 9.17) is 0 Å². The van der Waals surface area contributed by atoms with Gasteiger partial charge in [0.15, 0.2) is 0 Å². The molecule has 1 aromatic rings. The molecule has 0 spiro atoms. The van der Waals surface area contributed by atoms with Gasteiger partial charge in [0, 0.05) is 6.42 Å². The Bertz CT molecular complexity index is 307. The summed E-state index contributed by atoms with van der Waals surface area (Å²) in [4.78, 5) is 10.8. The maximum absolute atomic E-state index is 10.8. The first-order valence-corrected chi connectivity index (χ1v) is 6.37. The van der Waals surface area contributed by atoms with Crippen molar-refractivity contribution in [3.8, 4) is 0 Å². The predicted octanol–water partition coefficient (Wildman–Crippen LogP) is -0.469. The Hall–Kier alpha value is 0.486. The predicted molar refractivity (Wildman–Crippen MR) is 70.0 cm³/mol. The van der Waals surface area contributed by atoms with E-state index < -0.39 is 0 Å². The van der Waals surface area contributed by atoms with Gasteiger partial charge < -0.3 is 9.90 Å². The molecule has 96 valence electrons. The Morgan fingerprint density at radius 2 is 1.50 bits per heavy atom. The zero-order chi connectivity index (χ0) is 13.1. The van der Waals surface area contributed by atoms with Crippen molar-refractivity contribution in [2.75, 3.05) is 6.61 Å². The van der Waals surface area contributed by atoms with E-state index in [9.17, 15) is 9.90 Å². The molecule has 0 N–H and O–H groups in total. The van der Waals surface area contributed by atoms with E-state index in [-0.39, 0.29) is 63.8 Å². The van der Waals surface area contributed by atoms with E-state index in [0.29, 0.717) is 12.8 Å². The first-order chi connectivity index (χ1) is 8.22. The molecule has 1 aromatic carbocycles. The molecule has 2 nitrogen and oxygen atoms in total. The Morgan fingerprint density at radius 3 is 1.89 bits per heavy atom. The van der Waals surface area contributed by atoms with Crippen LogP contribution in [0.25, 0.3) is 0 Å². The number of rotatable bonds is 6. The van der Waals surface area contributed by atoms with Gasteiger partial charge in [0.05, 0.1) is 0 Å². The molecule has 0 saturated heterocycles. The molecular weight excluding hydrogens is 251 g/mol. The van der Waals surface area contributed by atoms with Gasteiger partial charge in [-0.3, -0.25) is 0 Å². The van der Waals surface area contributed by atoms with Crippen molar-refractivity contribution in [1.82, 2.24) is 0 Å². The van der Waals surface area contributed by atoms with Gasteiger partial charge in [-0.15, -0.1) is 6.61 Å². The van der Waals surface area contributed by atoms with Crippen molar-refractivity contribution < 1.29 is 61.3 Å². The third kappa shape index (κ3) is 10.4. The molecule has 0 unspecified atom stereocenters. The van der Waals surface area contributed by atoms with Crippen LogP contribution in [0.15, 0.2) is 24.3 Å². The second-order valence-electron chi connectivity index (χ2n) is 3.83. The third-order valence-corrected chi connectivity index (χ3v) is 2.40. The molecule has 0 aromatic heterocycles. The van der Waals surface area contributed by atoms with Crippen molar-refractivity contribution in [2.45, 2.75) is 46.5 Å². The van der Waals surface area contributed by atoms with Crippen molar-refractivity contribution in [1.29, 1.82) is 0 Å². The standard InChI is InChI=1S/C13H17O2.C2H6.K/c1-11(15)4-5-13-8-6-12(7-9-13)3-2-10-14;1-2;/h6-9H,2-5,10H2,1H3;1-2H3;/q-1;;+1. The Labute approximate surface area is 154 Å². The second-order valence-corrected chi connectivity index (χ2v) is 3.83. The number of benzene rings is 1. The van der Waals surface area contributed by atoms with E-state index in [1.165, 1.54) is 11.1 Å².